The highest BCUT2D eigenvalue weighted by Crippen LogP contribution is 2.36. The fourth-order valence-corrected chi connectivity index (χ4v) is 4.45. The lowest BCUT2D eigenvalue weighted by molar-refractivity contribution is -0.148. The van der Waals surface area contributed by atoms with Crippen molar-refractivity contribution in [2.45, 2.75) is 18.6 Å². The summed E-state index contributed by atoms with van der Waals surface area (Å²) in [6.07, 6.45) is -1.64. The van der Waals surface area contributed by atoms with Crippen molar-refractivity contribution in [2.24, 2.45) is 0 Å². The molecule has 0 fully saturated rings. The number of carbonyl (C=O) groups excluding carboxylic acids is 1. The number of nitrogens with zero attached hydrogens (tertiary/aromatic N) is 2. The van der Waals surface area contributed by atoms with E-state index in [0.717, 1.165) is 0 Å². The predicted octanol–water partition coefficient (Wildman–Crippen LogP) is 4.06. The van der Waals surface area contributed by atoms with E-state index in [4.69, 9.17) is 9.47 Å². The van der Waals surface area contributed by atoms with Crippen LogP contribution in [0.4, 0.5) is 0 Å². The van der Waals surface area contributed by atoms with Gasteiger partial charge in [-0.25, -0.2) is 9.78 Å². The molecule has 0 aliphatic carbocycles. The summed E-state index contributed by atoms with van der Waals surface area (Å²) in [6.45, 7) is 1.72. The molecule has 1 amide bonds. The van der Waals surface area contributed by atoms with E-state index in [1.54, 1.807) is 79.0 Å². The SMILES string of the molecule is COc1cc(C)nc(OC(C(=O)O)C(NC(=O)c2cccs2)(c2ccccc2)c2ccccc2)n1. The molecule has 4 rings (SSSR count). The summed E-state index contributed by atoms with van der Waals surface area (Å²) >= 11 is 1.25. The number of aliphatic carboxylic acids is 1. The van der Waals surface area contributed by atoms with Crippen LogP contribution in [0.15, 0.2) is 84.2 Å². The number of thiophene rings is 1. The molecule has 4 aromatic rings. The number of hydrogen-bond acceptors (Lipinski definition) is 7. The van der Waals surface area contributed by atoms with E-state index in [2.05, 4.69) is 15.3 Å². The molecular weight excluding hydrogens is 466 g/mol. The molecule has 0 spiro atoms. The van der Waals surface area contributed by atoms with Gasteiger partial charge in [-0.05, 0) is 29.5 Å². The van der Waals surface area contributed by atoms with Crippen molar-refractivity contribution in [2.75, 3.05) is 7.11 Å². The third-order valence-corrected chi connectivity index (χ3v) is 6.24. The highest BCUT2D eigenvalue weighted by atomic mass is 32.1. The number of nitrogens with one attached hydrogen (secondary N) is 1. The zero-order valence-corrected chi connectivity index (χ0v) is 19.9. The molecule has 8 nitrogen and oxygen atoms in total. The molecule has 0 saturated heterocycles. The molecule has 1 atom stereocenters. The van der Waals surface area contributed by atoms with Crippen LogP contribution in [-0.2, 0) is 10.3 Å². The lowest BCUT2D eigenvalue weighted by Crippen LogP contribution is -2.59. The third kappa shape index (κ3) is 4.99. The first-order chi connectivity index (χ1) is 16.9. The van der Waals surface area contributed by atoms with Crippen molar-refractivity contribution < 1.29 is 24.2 Å². The van der Waals surface area contributed by atoms with Crippen molar-refractivity contribution in [3.05, 3.63) is 106 Å². The van der Waals surface area contributed by atoms with Gasteiger partial charge in [-0.1, -0.05) is 66.7 Å². The van der Waals surface area contributed by atoms with Crippen LogP contribution in [0, 0.1) is 6.92 Å². The number of carboxylic acids is 1. The molecule has 0 aliphatic rings. The lowest BCUT2D eigenvalue weighted by atomic mass is 9.77. The van der Waals surface area contributed by atoms with Crippen LogP contribution >= 0.6 is 11.3 Å². The van der Waals surface area contributed by atoms with Crippen molar-refractivity contribution in [1.29, 1.82) is 0 Å². The number of rotatable bonds is 9. The Morgan fingerprint density at radius 1 is 0.971 bits per heavy atom. The molecule has 0 bridgehead atoms. The van der Waals surface area contributed by atoms with E-state index in [9.17, 15) is 14.7 Å². The first-order valence-corrected chi connectivity index (χ1v) is 11.6. The summed E-state index contributed by atoms with van der Waals surface area (Å²) in [5, 5.41) is 15.2. The summed E-state index contributed by atoms with van der Waals surface area (Å²) in [6, 6.07) is 22.6. The summed E-state index contributed by atoms with van der Waals surface area (Å²) < 4.78 is 11.2. The fraction of sp³-hybridized carbons (Fsp3) is 0.154. The quantitative estimate of drug-likeness (QED) is 0.365. The van der Waals surface area contributed by atoms with Crippen LogP contribution in [-0.4, -0.2) is 40.2 Å². The molecule has 2 aromatic heterocycles. The number of methoxy groups -OCH3 is 1. The third-order valence-electron chi connectivity index (χ3n) is 5.37. The van der Waals surface area contributed by atoms with Crippen LogP contribution in [0.3, 0.4) is 0 Å². The number of carboxylic acid groups (broad SMARTS) is 1. The molecule has 0 saturated carbocycles. The molecule has 2 N–H and O–H groups in total. The molecule has 2 heterocycles. The normalized spacial score (nSPS) is 11.9. The average Bonchev–Trinajstić information content (AvgIpc) is 3.42. The molecule has 0 aliphatic heterocycles. The monoisotopic (exact) mass is 489 g/mol. The van der Waals surface area contributed by atoms with Crippen molar-refractivity contribution in [1.82, 2.24) is 15.3 Å². The number of ether oxygens (including phenoxy) is 2. The second kappa shape index (κ2) is 10.4. The summed E-state index contributed by atoms with van der Waals surface area (Å²) in [4.78, 5) is 35.1. The van der Waals surface area contributed by atoms with E-state index >= 15 is 0 Å². The van der Waals surface area contributed by atoms with E-state index < -0.39 is 23.5 Å². The Bertz CT molecular complexity index is 1260. The molecule has 2 aromatic carbocycles. The number of hydrogen-bond donors (Lipinski definition) is 2. The maximum absolute atomic E-state index is 13.4. The van der Waals surface area contributed by atoms with Crippen LogP contribution in [0.1, 0.15) is 26.5 Å². The fourth-order valence-electron chi connectivity index (χ4n) is 3.83. The Balaban J connectivity index is 1.94. The van der Waals surface area contributed by atoms with Crippen LogP contribution in [0.5, 0.6) is 11.9 Å². The summed E-state index contributed by atoms with van der Waals surface area (Å²) in [5.74, 6) is -1.53. The van der Waals surface area contributed by atoms with E-state index in [-0.39, 0.29) is 11.9 Å². The number of amides is 1. The van der Waals surface area contributed by atoms with Crippen molar-refractivity contribution in [3.63, 3.8) is 0 Å². The van der Waals surface area contributed by atoms with Gasteiger partial charge in [0, 0.05) is 11.8 Å². The zero-order valence-electron chi connectivity index (χ0n) is 19.0. The first-order valence-electron chi connectivity index (χ1n) is 10.7. The minimum Gasteiger partial charge on any atom is -0.481 e. The maximum atomic E-state index is 13.4. The first kappa shape index (κ1) is 23.9. The highest BCUT2D eigenvalue weighted by molar-refractivity contribution is 7.12. The summed E-state index contributed by atoms with van der Waals surface area (Å²) in [5.41, 5.74) is -0.0645. The average molecular weight is 490 g/mol. The van der Waals surface area contributed by atoms with Crippen LogP contribution in [0.25, 0.3) is 0 Å². The maximum Gasteiger partial charge on any atom is 0.348 e. The molecule has 0 radical (unpaired) electrons. The Morgan fingerprint density at radius 2 is 1.60 bits per heavy atom. The van der Waals surface area contributed by atoms with Gasteiger partial charge in [0.2, 0.25) is 12.0 Å². The van der Waals surface area contributed by atoms with Gasteiger partial charge in [0.15, 0.2) is 0 Å². The number of aromatic nitrogens is 2. The van der Waals surface area contributed by atoms with Gasteiger partial charge in [0.25, 0.3) is 5.91 Å². The number of carbonyl (C=O) groups is 2. The Morgan fingerprint density at radius 3 is 2.11 bits per heavy atom. The largest absolute Gasteiger partial charge is 0.481 e. The van der Waals surface area contributed by atoms with Gasteiger partial charge in [-0.3, -0.25) is 4.79 Å². The molecule has 1 unspecified atom stereocenters. The zero-order chi connectivity index (χ0) is 24.8. The molecule has 9 heteroatoms. The smallest absolute Gasteiger partial charge is 0.348 e. The topological polar surface area (TPSA) is 111 Å². The van der Waals surface area contributed by atoms with Crippen LogP contribution < -0.4 is 14.8 Å². The van der Waals surface area contributed by atoms with Crippen molar-refractivity contribution >= 4 is 23.2 Å². The standard InChI is InChI=1S/C26H23N3O5S/c1-17-16-21(33-2)28-25(27-17)34-22(24(31)32)26(18-10-5-3-6-11-18,19-12-7-4-8-13-19)29-23(30)20-14-9-15-35-20/h3-16,22H,1-2H3,(H,29,30)(H,31,32). The van der Waals surface area contributed by atoms with Crippen molar-refractivity contribution in [3.8, 4) is 11.9 Å². The second-order valence-corrected chi connectivity index (χ2v) is 8.59. The Kier molecular flexibility index (Phi) is 7.07. The van der Waals surface area contributed by atoms with Gasteiger partial charge >= 0.3 is 12.0 Å². The minimum atomic E-state index is -1.64. The minimum absolute atomic E-state index is 0.184. The van der Waals surface area contributed by atoms with Gasteiger partial charge < -0.3 is 19.9 Å². The second-order valence-electron chi connectivity index (χ2n) is 7.64. The predicted molar refractivity (Wildman–Crippen MR) is 131 cm³/mol. The van der Waals surface area contributed by atoms with E-state index in [1.807, 2.05) is 12.1 Å². The van der Waals surface area contributed by atoms with E-state index in [1.165, 1.54) is 18.4 Å². The van der Waals surface area contributed by atoms with E-state index in [0.29, 0.717) is 21.7 Å². The van der Waals surface area contributed by atoms with Gasteiger partial charge in [0.05, 0.1) is 12.0 Å². The molecular formula is C26H23N3O5S. The Hall–Kier alpha value is -4.24. The van der Waals surface area contributed by atoms with Gasteiger partial charge in [-0.2, -0.15) is 4.98 Å². The van der Waals surface area contributed by atoms with Gasteiger partial charge in [-0.15, -0.1) is 11.3 Å². The van der Waals surface area contributed by atoms with Crippen LogP contribution in [0.2, 0.25) is 0 Å². The highest BCUT2D eigenvalue weighted by Gasteiger charge is 2.50. The molecule has 178 valence electrons. The number of aryl methyl sites for hydroxylation is 1. The molecule has 35 heavy (non-hydrogen) atoms. The summed E-state index contributed by atoms with van der Waals surface area (Å²) in [7, 11) is 1.44. The number of benzene rings is 2. The lowest BCUT2D eigenvalue weighted by Gasteiger charge is -2.39. The van der Waals surface area contributed by atoms with Gasteiger partial charge in [0.1, 0.15) is 5.54 Å². The Labute approximate surface area is 206 Å².